The number of nitrogens with two attached hydrogens (primary N) is 1. The lowest BCUT2D eigenvalue weighted by Gasteiger charge is -2.35. The van der Waals surface area contributed by atoms with Crippen LogP contribution in [0.25, 0.3) is 0 Å². The highest BCUT2D eigenvalue weighted by Crippen LogP contribution is 2.41. The molecule has 0 spiro atoms. The summed E-state index contributed by atoms with van der Waals surface area (Å²) in [5.41, 5.74) is 11.4. The lowest BCUT2D eigenvalue weighted by atomic mass is 9.74. The molecule has 2 aromatic rings. The van der Waals surface area contributed by atoms with E-state index >= 15 is 0 Å². The fourth-order valence-corrected chi connectivity index (χ4v) is 3.85. The SMILES string of the molecule is Cc1noc(C)c1C(C)n1ccc2c1CC(C)(C)CC2N. The van der Waals surface area contributed by atoms with Crippen LogP contribution in [0.2, 0.25) is 0 Å². The highest BCUT2D eigenvalue weighted by molar-refractivity contribution is 5.34. The van der Waals surface area contributed by atoms with E-state index in [-0.39, 0.29) is 17.5 Å². The van der Waals surface area contributed by atoms with Gasteiger partial charge in [0.2, 0.25) is 0 Å². The van der Waals surface area contributed by atoms with E-state index in [9.17, 15) is 0 Å². The number of aryl methyl sites for hydroxylation is 2. The Kier molecular flexibility index (Phi) is 3.24. The maximum atomic E-state index is 6.37. The largest absolute Gasteiger partial charge is 0.361 e. The Balaban J connectivity index is 2.06. The third-order valence-corrected chi connectivity index (χ3v) is 4.80. The summed E-state index contributed by atoms with van der Waals surface area (Å²) in [5, 5.41) is 4.09. The van der Waals surface area contributed by atoms with Crippen molar-refractivity contribution in [3.8, 4) is 0 Å². The molecule has 114 valence electrons. The second-order valence-corrected chi connectivity index (χ2v) is 7.19. The molecule has 0 amide bonds. The van der Waals surface area contributed by atoms with Gasteiger partial charge in [0.1, 0.15) is 5.76 Å². The van der Waals surface area contributed by atoms with Crippen LogP contribution in [0.5, 0.6) is 0 Å². The number of hydrogen-bond acceptors (Lipinski definition) is 3. The highest BCUT2D eigenvalue weighted by Gasteiger charge is 2.33. The first kappa shape index (κ1) is 14.4. The zero-order valence-corrected chi connectivity index (χ0v) is 13.6. The molecule has 0 fully saturated rings. The van der Waals surface area contributed by atoms with E-state index in [0.29, 0.717) is 0 Å². The lowest BCUT2D eigenvalue weighted by molar-refractivity contribution is 0.274. The molecular weight excluding hydrogens is 262 g/mol. The van der Waals surface area contributed by atoms with Gasteiger partial charge in [-0.2, -0.15) is 0 Å². The van der Waals surface area contributed by atoms with Crippen molar-refractivity contribution >= 4 is 0 Å². The van der Waals surface area contributed by atoms with Crippen LogP contribution in [0.3, 0.4) is 0 Å². The second kappa shape index (κ2) is 4.73. The average molecular weight is 287 g/mol. The van der Waals surface area contributed by atoms with Crippen LogP contribution in [-0.4, -0.2) is 9.72 Å². The third-order valence-electron chi connectivity index (χ3n) is 4.80. The second-order valence-electron chi connectivity index (χ2n) is 7.19. The van der Waals surface area contributed by atoms with Crippen molar-refractivity contribution in [2.75, 3.05) is 0 Å². The predicted molar refractivity (Wildman–Crippen MR) is 83.3 cm³/mol. The molecule has 2 heterocycles. The molecule has 0 saturated carbocycles. The van der Waals surface area contributed by atoms with Crippen LogP contribution in [0.15, 0.2) is 16.8 Å². The van der Waals surface area contributed by atoms with Crippen LogP contribution < -0.4 is 5.73 Å². The van der Waals surface area contributed by atoms with Gasteiger partial charge in [0.15, 0.2) is 0 Å². The molecule has 0 radical (unpaired) electrons. The molecule has 1 aliphatic carbocycles. The Morgan fingerprint density at radius 3 is 2.76 bits per heavy atom. The van der Waals surface area contributed by atoms with Crippen LogP contribution in [-0.2, 0) is 6.42 Å². The minimum Gasteiger partial charge on any atom is -0.361 e. The minimum atomic E-state index is 0.141. The van der Waals surface area contributed by atoms with Crippen molar-refractivity contribution in [3.05, 3.63) is 40.5 Å². The maximum Gasteiger partial charge on any atom is 0.139 e. The van der Waals surface area contributed by atoms with Gasteiger partial charge < -0.3 is 14.8 Å². The van der Waals surface area contributed by atoms with Crippen molar-refractivity contribution < 1.29 is 4.52 Å². The molecule has 4 heteroatoms. The van der Waals surface area contributed by atoms with Gasteiger partial charge in [0, 0.05) is 23.5 Å². The van der Waals surface area contributed by atoms with E-state index in [1.807, 2.05) is 13.8 Å². The van der Waals surface area contributed by atoms with E-state index in [1.54, 1.807) is 0 Å². The summed E-state index contributed by atoms with van der Waals surface area (Å²) in [6.45, 7) is 10.8. The zero-order chi connectivity index (χ0) is 15.4. The molecule has 0 aliphatic heterocycles. The van der Waals surface area contributed by atoms with E-state index in [4.69, 9.17) is 10.3 Å². The molecule has 2 atom stereocenters. The van der Waals surface area contributed by atoms with Gasteiger partial charge in [-0.15, -0.1) is 0 Å². The first-order valence-corrected chi connectivity index (χ1v) is 7.68. The fraction of sp³-hybridized carbons (Fsp3) is 0.588. The summed E-state index contributed by atoms with van der Waals surface area (Å²) in [4.78, 5) is 0. The Hall–Kier alpha value is -1.55. The van der Waals surface area contributed by atoms with E-state index < -0.39 is 0 Å². The summed E-state index contributed by atoms with van der Waals surface area (Å²) in [7, 11) is 0. The highest BCUT2D eigenvalue weighted by atomic mass is 16.5. The van der Waals surface area contributed by atoms with Gasteiger partial charge in [-0.05, 0) is 50.7 Å². The monoisotopic (exact) mass is 287 g/mol. The predicted octanol–water partition coefficient (Wildman–Crippen LogP) is 3.67. The molecule has 0 saturated heterocycles. The number of hydrogen-bond donors (Lipinski definition) is 1. The number of fused-ring (bicyclic) bond motifs is 1. The maximum absolute atomic E-state index is 6.37. The van der Waals surface area contributed by atoms with Crippen molar-refractivity contribution in [1.82, 2.24) is 9.72 Å². The molecule has 2 aromatic heterocycles. The van der Waals surface area contributed by atoms with Crippen molar-refractivity contribution in [2.45, 2.75) is 59.5 Å². The smallest absolute Gasteiger partial charge is 0.139 e. The van der Waals surface area contributed by atoms with Gasteiger partial charge in [0.05, 0.1) is 11.7 Å². The van der Waals surface area contributed by atoms with Gasteiger partial charge in [0.25, 0.3) is 0 Å². The minimum absolute atomic E-state index is 0.141. The zero-order valence-electron chi connectivity index (χ0n) is 13.6. The van der Waals surface area contributed by atoms with E-state index in [0.717, 1.165) is 24.3 Å². The Bertz CT molecular complexity index is 646. The third kappa shape index (κ3) is 2.31. The average Bonchev–Trinajstić information content (AvgIpc) is 2.91. The van der Waals surface area contributed by atoms with Gasteiger partial charge in [-0.1, -0.05) is 19.0 Å². The van der Waals surface area contributed by atoms with Crippen LogP contribution >= 0.6 is 0 Å². The Labute approximate surface area is 126 Å². The fourth-order valence-electron chi connectivity index (χ4n) is 3.85. The molecule has 4 nitrogen and oxygen atoms in total. The molecule has 3 rings (SSSR count). The topological polar surface area (TPSA) is 57.0 Å². The Morgan fingerprint density at radius 2 is 2.14 bits per heavy atom. The number of rotatable bonds is 2. The molecular formula is C17H25N3O. The van der Waals surface area contributed by atoms with E-state index in [2.05, 4.69) is 42.8 Å². The first-order chi connectivity index (χ1) is 9.80. The quantitative estimate of drug-likeness (QED) is 0.916. The van der Waals surface area contributed by atoms with Gasteiger partial charge in [-0.25, -0.2) is 0 Å². The molecule has 1 aliphatic rings. The summed E-state index contributed by atoms with van der Waals surface area (Å²) < 4.78 is 7.68. The summed E-state index contributed by atoms with van der Waals surface area (Å²) in [5.74, 6) is 0.904. The molecule has 2 unspecified atom stereocenters. The van der Waals surface area contributed by atoms with Crippen molar-refractivity contribution in [3.63, 3.8) is 0 Å². The molecule has 2 N–H and O–H groups in total. The summed E-state index contributed by atoms with van der Waals surface area (Å²) >= 11 is 0. The van der Waals surface area contributed by atoms with E-state index in [1.165, 1.54) is 16.8 Å². The number of nitrogens with zero attached hydrogens (tertiary/aromatic N) is 2. The first-order valence-electron chi connectivity index (χ1n) is 7.68. The van der Waals surface area contributed by atoms with Crippen LogP contribution in [0.1, 0.15) is 67.6 Å². The molecule has 0 bridgehead atoms. The summed E-state index contributed by atoms with van der Waals surface area (Å²) in [6.07, 6.45) is 4.28. The standard InChI is InChI=1S/C17H25N3O/c1-10-16(12(3)21-19-10)11(2)20-7-6-13-14(18)8-17(4,5)9-15(13)20/h6-7,11,14H,8-9,18H2,1-5H3. The molecule has 21 heavy (non-hydrogen) atoms. The van der Waals surface area contributed by atoms with Crippen LogP contribution in [0, 0.1) is 19.3 Å². The van der Waals surface area contributed by atoms with Crippen molar-refractivity contribution in [2.24, 2.45) is 11.1 Å². The normalized spacial score (nSPS) is 22.1. The van der Waals surface area contributed by atoms with Crippen LogP contribution in [0.4, 0.5) is 0 Å². The Morgan fingerprint density at radius 1 is 1.43 bits per heavy atom. The van der Waals surface area contributed by atoms with Crippen molar-refractivity contribution in [1.29, 1.82) is 0 Å². The summed E-state index contributed by atoms with van der Waals surface area (Å²) in [6, 6.07) is 2.55. The molecule has 0 aromatic carbocycles. The van der Waals surface area contributed by atoms with Gasteiger partial charge in [-0.3, -0.25) is 0 Å². The lowest BCUT2D eigenvalue weighted by Crippen LogP contribution is -2.31. The van der Waals surface area contributed by atoms with Gasteiger partial charge >= 0.3 is 0 Å². The number of aromatic nitrogens is 2.